The van der Waals surface area contributed by atoms with Crippen LogP contribution in [-0.2, 0) is 18.2 Å². The minimum absolute atomic E-state index is 0.559. The molecule has 0 bridgehead atoms. The van der Waals surface area contributed by atoms with Crippen molar-refractivity contribution in [1.82, 2.24) is 14.5 Å². The third-order valence-corrected chi connectivity index (χ3v) is 6.47. The maximum atomic E-state index is 11.0. The van der Waals surface area contributed by atoms with E-state index in [2.05, 4.69) is 35.9 Å². The van der Waals surface area contributed by atoms with Crippen LogP contribution >= 0.6 is 0 Å². The van der Waals surface area contributed by atoms with Gasteiger partial charge in [0.05, 0.1) is 11.2 Å². The zero-order valence-electron chi connectivity index (χ0n) is 20.7. The first-order valence-electron chi connectivity index (χ1n) is 11.7. The number of rotatable bonds is 5. The Kier molecular flexibility index (Phi) is 5.38. The van der Waals surface area contributed by atoms with Crippen molar-refractivity contribution in [2.75, 3.05) is 4.90 Å². The van der Waals surface area contributed by atoms with Crippen LogP contribution in [0.2, 0.25) is 0 Å². The van der Waals surface area contributed by atoms with E-state index in [1.165, 1.54) is 0 Å². The SMILES string of the molecule is Cn1c2ccccc2c2cc(N(c3ncccc3C(C)(C)O)c3ncccc3C(C)(C)O)ccc21. The first kappa shape index (κ1) is 23.0. The lowest BCUT2D eigenvalue weighted by molar-refractivity contribution is 0.0786. The van der Waals surface area contributed by atoms with Crippen LogP contribution < -0.4 is 4.90 Å². The van der Waals surface area contributed by atoms with E-state index in [-0.39, 0.29) is 0 Å². The van der Waals surface area contributed by atoms with Crippen molar-refractivity contribution < 1.29 is 10.2 Å². The summed E-state index contributed by atoms with van der Waals surface area (Å²) in [6.07, 6.45) is 3.42. The van der Waals surface area contributed by atoms with Gasteiger partial charge >= 0.3 is 0 Å². The lowest BCUT2D eigenvalue weighted by Gasteiger charge is -2.32. The number of aromatic nitrogens is 3. The molecule has 0 atom stereocenters. The summed E-state index contributed by atoms with van der Waals surface area (Å²) in [6, 6.07) is 22.0. The summed E-state index contributed by atoms with van der Waals surface area (Å²) in [7, 11) is 2.07. The highest BCUT2D eigenvalue weighted by molar-refractivity contribution is 6.09. The summed E-state index contributed by atoms with van der Waals surface area (Å²) >= 11 is 0. The maximum Gasteiger partial charge on any atom is 0.144 e. The highest BCUT2D eigenvalue weighted by Gasteiger charge is 2.31. The Bertz CT molecular complexity index is 1480. The van der Waals surface area contributed by atoms with Crippen LogP contribution in [0.3, 0.4) is 0 Å². The Hall–Kier alpha value is -3.74. The minimum Gasteiger partial charge on any atom is -0.386 e. The van der Waals surface area contributed by atoms with Gasteiger partial charge in [0.2, 0.25) is 0 Å². The molecule has 6 nitrogen and oxygen atoms in total. The quantitative estimate of drug-likeness (QED) is 0.330. The number of para-hydroxylation sites is 1. The molecule has 0 unspecified atom stereocenters. The van der Waals surface area contributed by atoms with Gasteiger partial charge in [0, 0.05) is 58.1 Å². The summed E-state index contributed by atoms with van der Waals surface area (Å²) < 4.78 is 2.19. The molecule has 0 aliphatic carbocycles. The van der Waals surface area contributed by atoms with E-state index in [0.717, 1.165) is 27.5 Å². The molecule has 0 aliphatic heterocycles. The van der Waals surface area contributed by atoms with E-state index >= 15 is 0 Å². The van der Waals surface area contributed by atoms with Crippen LogP contribution in [-0.4, -0.2) is 24.7 Å². The van der Waals surface area contributed by atoms with Gasteiger partial charge < -0.3 is 14.8 Å². The Balaban J connectivity index is 1.85. The third-order valence-electron chi connectivity index (χ3n) is 6.47. The van der Waals surface area contributed by atoms with E-state index in [1.807, 2.05) is 47.4 Å². The number of pyridine rings is 2. The number of nitrogens with zero attached hydrogens (tertiary/aromatic N) is 4. The van der Waals surface area contributed by atoms with Gasteiger partial charge in [-0.25, -0.2) is 9.97 Å². The first-order valence-corrected chi connectivity index (χ1v) is 11.7. The van der Waals surface area contributed by atoms with E-state index in [0.29, 0.717) is 22.8 Å². The number of anilines is 3. The lowest BCUT2D eigenvalue weighted by Crippen LogP contribution is -2.26. The second kappa shape index (κ2) is 8.18. The standard InChI is InChI=1S/C29H30N4O2/c1-28(2,34)22-11-8-16-30-26(22)33(27-23(29(3,4)35)12-9-17-31-27)19-14-15-25-21(18-19)20-10-6-7-13-24(20)32(25)5/h6-18,34-35H,1-5H3. The zero-order chi connectivity index (χ0) is 25.0. The fourth-order valence-electron chi connectivity index (χ4n) is 4.75. The molecule has 0 fully saturated rings. The monoisotopic (exact) mass is 466 g/mol. The number of aryl methyl sites for hydroxylation is 1. The molecular formula is C29H30N4O2. The second-order valence-corrected chi connectivity index (χ2v) is 9.98. The van der Waals surface area contributed by atoms with Gasteiger partial charge in [-0.1, -0.05) is 30.3 Å². The molecule has 0 saturated heterocycles. The van der Waals surface area contributed by atoms with Crippen molar-refractivity contribution >= 4 is 39.1 Å². The molecule has 2 aromatic carbocycles. The summed E-state index contributed by atoms with van der Waals surface area (Å²) in [6.45, 7) is 6.98. The smallest absolute Gasteiger partial charge is 0.144 e. The molecular weight excluding hydrogens is 436 g/mol. The number of aliphatic hydroxyl groups is 2. The molecule has 2 N–H and O–H groups in total. The molecule has 0 radical (unpaired) electrons. The minimum atomic E-state index is -1.14. The van der Waals surface area contributed by atoms with E-state index in [4.69, 9.17) is 9.97 Å². The summed E-state index contributed by atoms with van der Waals surface area (Å²) in [5.41, 5.74) is 2.13. The number of hydrogen-bond acceptors (Lipinski definition) is 5. The molecule has 5 rings (SSSR count). The van der Waals surface area contributed by atoms with Crippen molar-refractivity contribution in [3.05, 3.63) is 90.3 Å². The van der Waals surface area contributed by atoms with E-state index < -0.39 is 11.2 Å². The van der Waals surface area contributed by atoms with Crippen molar-refractivity contribution in [3.8, 4) is 0 Å². The molecule has 0 saturated carbocycles. The van der Waals surface area contributed by atoms with Gasteiger partial charge in [-0.15, -0.1) is 0 Å². The fourth-order valence-corrected chi connectivity index (χ4v) is 4.75. The van der Waals surface area contributed by atoms with Gasteiger partial charge in [0.15, 0.2) is 0 Å². The largest absolute Gasteiger partial charge is 0.386 e. The zero-order valence-corrected chi connectivity index (χ0v) is 20.7. The predicted molar refractivity (Wildman–Crippen MR) is 141 cm³/mol. The fraction of sp³-hybridized carbons (Fsp3) is 0.241. The van der Waals surface area contributed by atoms with Crippen molar-refractivity contribution in [2.45, 2.75) is 38.9 Å². The highest BCUT2D eigenvalue weighted by Crippen LogP contribution is 2.43. The molecule has 6 heteroatoms. The Morgan fingerprint density at radius 3 is 1.80 bits per heavy atom. The molecule has 3 aromatic heterocycles. The van der Waals surface area contributed by atoms with Crippen LogP contribution in [0, 0.1) is 0 Å². The average Bonchev–Trinajstić information content (AvgIpc) is 3.10. The van der Waals surface area contributed by atoms with Crippen molar-refractivity contribution in [3.63, 3.8) is 0 Å². The van der Waals surface area contributed by atoms with Gasteiger partial charge in [0.1, 0.15) is 11.6 Å². The van der Waals surface area contributed by atoms with Gasteiger partial charge in [-0.05, 0) is 64.1 Å². The van der Waals surface area contributed by atoms with E-state index in [9.17, 15) is 10.2 Å². The summed E-state index contributed by atoms with van der Waals surface area (Å²) in [5.74, 6) is 1.12. The van der Waals surface area contributed by atoms with Gasteiger partial charge in [-0.2, -0.15) is 0 Å². The molecule has 178 valence electrons. The number of fused-ring (bicyclic) bond motifs is 3. The summed E-state index contributed by atoms with van der Waals surface area (Å²) in [4.78, 5) is 11.3. The summed E-state index contributed by atoms with van der Waals surface area (Å²) in [5, 5.41) is 24.3. The normalized spacial score (nSPS) is 12.4. The molecule has 5 aromatic rings. The molecule has 35 heavy (non-hydrogen) atoms. The van der Waals surface area contributed by atoms with Crippen LogP contribution in [0.25, 0.3) is 21.8 Å². The maximum absolute atomic E-state index is 11.0. The molecule has 3 heterocycles. The Labute approximate surface area is 205 Å². The third kappa shape index (κ3) is 3.95. The van der Waals surface area contributed by atoms with Crippen LogP contribution in [0.5, 0.6) is 0 Å². The topological polar surface area (TPSA) is 74.4 Å². The van der Waals surface area contributed by atoms with Crippen LogP contribution in [0.4, 0.5) is 17.3 Å². The lowest BCUT2D eigenvalue weighted by atomic mass is 9.96. The van der Waals surface area contributed by atoms with Crippen molar-refractivity contribution in [2.24, 2.45) is 7.05 Å². The Morgan fingerprint density at radius 1 is 0.686 bits per heavy atom. The Morgan fingerprint density at radius 2 is 1.23 bits per heavy atom. The number of hydrogen-bond donors (Lipinski definition) is 2. The number of benzene rings is 2. The van der Waals surface area contributed by atoms with E-state index in [1.54, 1.807) is 40.1 Å². The molecule has 0 spiro atoms. The van der Waals surface area contributed by atoms with Crippen molar-refractivity contribution in [1.29, 1.82) is 0 Å². The molecule has 0 amide bonds. The first-order chi connectivity index (χ1) is 16.6. The molecule has 0 aliphatic rings. The average molecular weight is 467 g/mol. The van der Waals surface area contributed by atoms with Gasteiger partial charge in [0.25, 0.3) is 0 Å². The highest BCUT2D eigenvalue weighted by atomic mass is 16.3. The van der Waals surface area contributed by atoms with Gasteiger partial charge in [-0.3, -0.25) is 4.90 Å². The van der Waals surface area contributed by atoms with Crippen LogP contribution in [0.15, 0.2) is 79.1 Å². The van der Waals surface area contributed by atoms with Crippen LogP contribution in [0.1, 0.15) is 38.8 Å². The predicted octanol–water partition coefficient (Wildman–Crippen LogP) is 6.05. The second-order valence-electron chi connectivity index (χ2n) is 9.98.